The molecule has 0 bridgehead atoms. The van der Waals surface area contributed by atoms with Crippen molar-refractivity contribution < 1.29 is 14.3 Å². The molecular formula is C19H23N3O3S. The number of ether oxygens (including phenoxy) is 1. The molecule has 138 valence electrons. The summed E-state index contributed by atoms with van der Waals surface area (Å²) >= 11 is 1.41. The minimum Gasteiger partial charge on any atom is -0.491 e. The predicted octanol–water partition coefficient (Wildman–Crippen LogP) is 2.62. The van der Waals surface area contributed by atoms with E-state index in [2.05, 4.69) is 10.3 Å². The number of hydrogen-bond donors (Lipinski definition) is 1. The quantitative estimate of drug-likeness (QED) is 0.758. The second-order valence-electron chi connectivity index (χ2n) is 6.37. The average Bonchev–Trinajstić information content (AvgIpc) is 3.22. The molecule has 0 atom stereocenters. The second-order valence-corrected chi connectivity index (χ2v) is 7.20. The first-order chi connectivity index (χ1) is 12.5. The molecule has 0 saturated carbocycles. The lowest BCUT2D eigenvalue weighted by Crippen LogP contribution is -2.29. The summed E-state index contributed by atoms with van der Waals surface area (Å²) in [6, 6.07) is 6.01. The fourth-order valence-electron chi connectivity index (χ4n) is 2.95. The molecule has 3 rings (SSSR count). The lowest BCUT2D eigenvalue weighted by atomic mass is 10.1. The maximum atomic E-state index is 12.1. The van der Waals surface area contributed by atoms with Gasteiger partial charge in [-0.3, -0.25) is 14.5 Å². The number of amides is 2. The molecule has 2 aromatic rings. The topological polar surface area (TPSA) is 71.5 Å². The molecule has 0 spiro atoms. The number of rotatable bonds is 7. The molecule has 6 nitrogen and oxygen atoms in total. The molecule has 1 aromatic heterocycles. The number of para-hydroxylation sites is 1. The predicted molar refractivity (Wildman–Crippen MR) is 102 cm³/mol. The zero-order valence-corrected chi connectivity index (χ0v) is 15.9. The van der Waals surface area contributed by atoms with Gasteiger partial charge in [-0.15, -0.1) is 11.3 Å². The fraction of sp³-hybridized carbons (Fsp3) is 0.421. The van der Waals surface area contributed by atoms with Gasteiger partial charge in [0.25, 0.3) is 0 Å². The van der Waals surface area contributed by atoms with Crippen molar-refractivity contribution in [2.75, 3.05) is 24.6 Å². The zero-order chi connectivity index (χ0) is 18.5. The lowest BCUT2D eigenvalue weighted by molar-refractivity contribution is -0.120. The Bertz CT molecular complexity index is 783. The van der Waals surface area contributed by atoms with Crippen LogP contribution in [0.1, 0.15) is 29.7 Å². The summed E-state index contributed by atoms with van der Waals surface area (Å²) in [4.78, 5) is 29.9. The van der Waals surface area contributed by atoms with Crippen molar-refractivity contribution in [1.29, 1.82) is 0 Å². The highest BCUT2D eigenvalue weighted by molar-refractivity contribution is 7.14. The van der Waals surface area contributed by atoms with Crippen LogP contribution in [0.4, 0.5) is 5.13 Å². The monoisotopic (exact) mass is 373 g/mol. The minimum absolute atomic E-state index is 0.0975. The SMILES string of the molecule is Cc1cccc(C)c1OCCNC(=O)Cc1csc(N2CCCC2=O)n1. The van der Waals surface area contributed by atoms with Crippen LogP contribution in [0.5, 0.6) is 5.75 Å². The van der Waals surface area contributed by atoms with Gasteiger partial charge in [-0.1, -0.05) is 18.2 Å². The van der Waals surface area contributed by atoms with Gasteiger partial charge in [-0.05, 0) is 31.4 Å². The van der Waals surface area contributed by atoms with Gasteiger partial charge in [0.15, 0.2) is 5.13 Å². The summed E-state index contributed by atoms with van der Waals surface area (Å²) in [5.41, 5.74) is 2.86. The summed E-state index contributed by atoms with van der Waals surface area (Å²) in [5, 5.41) is 5.38. The Morgan fingerprint density at radius 3 is 2.81 bits per heavy atom. The van der Waals surface area contributed by atoms with Gasteiger partial charge in [0.1, 0.15) is 12.4 Å². The number of nitrogens with zero attached hydrogens (tertiary/aromatic N) is 2. The van der Waals surface area contributed by atoms with Crippen LogP contribution in [0.3, 0.4) is 0 Å². The number of thiazole rings is 1. The van der Waals surface area contributed by atoms with Gasteiger partial charge in [0, 0.05) is 18.3 Å². The van der Waals surface area contributed by atoms with E-state index in [1.165, 1.54) is 11.3 Å². The average molecular weight is 373 g/mol. The zero-order valence-electron chi connectivity index (χ0n) is 15.1. The molecule has 1 aliphatic rings. The number of aromatic nitrogens is 1. The molecular weight excluding hydrogens is 350 g/mol. The van der Waals surface area contributed by atoms with Crippen LogP contribution in [-0.2, 0) is 16.0 Å². The lowest BCUT2D eigenvalue weighted by Gasteiger charge is -2.12. The third kappa shape index (κ3) is 4.40. The first-order valence-corrected chi connectivity index (χ1v) is 9.63. The molecule has 2 amide bonds. The Balaban J connectivity index is 1.43. The maximum Gasteiger partial charge on any atom is 0.228 e. The van der Waals surface area contributed by atoms with Gasteiger partial charge in [-0.25, -0.2) is 4.98 Å². The second kappa shape index (κ2) is 8.31. The molecule has 1 aromatic carbocycles. The van der Waals surface area contributed by atoms with Crippen LogP contribution >= 0.6 is 11.3 Å². The molecule has 1 saturated heterocycles. The van der Waals surface area contributed by atoms with E-state index in [4.69, 9.17) is 4.74 Å². The summed E-state index contributed by atoms with van der Waals surface area (Å²) < 4.78 is 5.78. The summed E-state index contributed by atoms with van der Waals surface area (Å²) in [6.07, 6.45) is 1.66. The Hall–Kier alpha value is -2.41. The molecule has 1 aliphatic heterocycles. The van der Waals surface area contributed by atoms with Crippen molar-refractivity contribution in [3.63, 3.8) is 0 Å². The highest BCUT2D eigenvalue weighted by Crippen LogP contribution is 2.25. The molecule has 2 heterocycles. The molecule has 0 aliphatic carbocycles. The number of carbonyl (C=O) groups excluding carboxylic acids is 2. The van der Waals surface area contributed by atoms with Crippen LogP contribution in [0, 0.1) is 13.8 Å². The number of hydrogen-bond acceptors (Lipinski definition) is 5. The molecule has 1 fully saturated rings. The molecule has 26 heavy (non-hydrogen) atoms. The Morgan fingerprint density at radius 1 is 1.35 bits per heavy atom. The van der Waals surface area contributed by atoms with Gasteiger partial charge >= 0.3 is 0 Å². The van der Waals surface area contributed by atoms with Gasteiger partial charge in [-0.2, -0.15) is 0 Å². The molecule has 1 N–H and O–H groups in total. The van der Waals surface area contributed by atoms with Crippen LogP contribution < -0.4 is 15.0 Å². The Morgan fingerprint density at radius 2 is 2.12 bits per heavy atom. The van der Waals surface area contributed by atoms with Crippen LogP contribution in [0.2, 0.25) is 0 Å². The number of anilines is 1. The Labute approximate surface area is 157 Å². The largest absolute Gasteiger partial charge is 0.491 e. The van der Waals surface area contributed by atoms with E-state index in [0.29, 0.717) is 36.9 Å². The molecule has 7 heteroatoms. The van der Waals surface area contributed by atoms with E-state index in [1.54, 1.807) is 4.90 Å². The third-order valence-electron chi connectivity index (χ3n) is 4.27. The smallest absolute Gasteiger partial charge is 0.228 e. The van der Waals surface area contributed by atoms with E-state index in [1.807, 2.05) is 37.4 Å². The standard InChI is InChI=1S/C19H23N3O3S/c1-13-5-3-6-14(2)18(13)25-10-8-20-16(23)11-15-12-26-19(21-15)22-9-4-7-17(22)24/h3,5-6,12H,4,7-11H2,1-2H3,(H,20,23). The highest BCUT2D eigenvalue weighted by Gasteiger charge is 2.24. The fourth-order valence-corrected chi connectivity index (χ4v) is 3.82. The van der Waals surface area contributed by atoms with Crippen molar-refractivity contribution in [1.82, 2.24) is 10.3 Å². The summed E-state index contributed by atoms with van der Waals surface area (Å²) in [6.45, 7) is 5.58. The van der Waals surface area contributed by atoms with Crippen LogP contribution in [0.15, 0.2) is 23.6 Å². The van der Waals surface area contributed by atoms with Crippen LogP contribution in [0.25, 0.3) is 0 Å². The van der Waals surface area contributed by atoms with Crippen molar-refractivity contribution in [2.45, 2.75) is 33.1 Å². The van der Waals surface area contributed by atoms with Crippen LogP contribution in [-0.4, -0.2) is 36.5 Å². The van der Waals surface area contributed by atoms with Gasteiger partial charge < -0.3 is 10.1 Å². The van der Waals surface area contributed by atoms with E-state index < -0.39 is 0 Å². The van der Waals surface area contributed by atoms with Crippen molar-refractivity contribution >= 4 is 28.3 Å². The normalized spacial score (nSPS) is 13.9. The third-order valence-corrected chi connectivity index (χ3v) is 5.18. The number of nitrogens with one attached hydrogen (secondary N) is 1. The van der Waals surface area contributed by atoms with Gasteiger partial charge in [0.05, 0.1) is 18.7 Å². The first-order valence-electron chi connectivity index (χ1n) is 8.75. The van der Waals surface area contributed by atoms with Crippen molar-refractivity contribution in [3.8, 4) is 5.75 Å². The van der Waals surface area contributed by atoms with Gasteiger partial charge in [0.2, 0.25) is 11.8 Å². The van der Waals surface area contributed by atoms with Crippen molar-refractivity contribution in [3.05, 3.63) is 40.4 Å². The number of carbonyl (C=O) groups is 2. The Kier molecular flexibility index (Phi) is 5.88. The van der Waals surface area contributed by atoms with E-state index >= 15 is 0 Å². The number of benzene rings is 1. The summed E-state index contributed by atoms with van der Waals surface area (Å²) in [7, 11) is 0. The van der Waals surface area contributed by atoms with E-state index in [-0.39, 0.29) is 18.2 Å². The molecule has 0 radical (unpaired) electrons. The first kappa shape index (κ1) is 18.4. The highest BCUT2D eigenvalue weighted by atomic mass is 32.1. The number of aryl methyl sites for hydroxylation is 2. The summed E-state index contributed by atoms with van der Waals surface area (Å²) in [5.74, 6) is 0.889. The van der Waals surface area contributed by atoms with Crippen molar-refractivity contribution in [2.24, 2.45) is 0 Å². The maximum absolute atomic E-state index is 12.1. The molecule has 0 unspecified atom stereocenters. The minimum atomic E-state index is -0.0975. The van der Waals surface area contributed by atoms with E-state index in [0.717, 1.165) is 23.3 Å². The van der Waals surface area contributed by atoms with E-state index in [9.17, 15) is 9.59 Å².